The Morgan fingerprint density at radius 2 is 2.00 bits per heavy atom. The molecule has 1 atom stereocenters. The van der Waals surface area contributed by atoms with Crippen LogP contribution in [-0.2, 0) is 4.74 Å². The van der Waals surface area contributed by atoms with E-state index in [0.29, 0.717) is 0 Å². The van der Waals surface area contributed by atoms with Gasteiger partial charge in [0.05, 0.1) is 6.61 Å². The minimum absolute atomic E-state index is 0. The van der Waals surface area contributed by atoms with Crippen LogP contribution in [0.1, 0.15) is 39.5 Å². The number of nitrogens with one attached hydrogen (secondary N) is 2. The third kappa shape index (κ3) is 8.83. The second kappa shape index (κ2) is 13.6. The minimum Gasteiger partial charge on any atom is -0.380 e. The number of ether oxygens (including phenoxy) is 1. The molecule has 0 aromatic heterocycles. The highest BCUT2D eigenvalue weighted by molar-refractivity contribution is 14.0. The molecule has 0 aromatic carbocycles. The van der Waals surface area contributed by atoms with Crippen molar-refractivity contribution < 1.29 is 4.74 Å². The lowest BCUT2D eigenvalue weighted by Crippen LogP contribution is -2.46. The van der Waals surface area contributed by atoms with E-state index in [2.05, 4.69) is 27.4 Å². The molecule has 21 heavy (non-hydrogen) atoms. The van der Waals surface area contributed by atoms with Crippen molar-refractivity contribution in [2.75, 3.05) is 46.4 Å². The molecule has 5 nitrogen and oxygen atoms in total. The Bertz CT molecular complexity index is 276. The molecule has 0 spiro atoms. The van der Waals surface area contributed by atoms with Crippen LogP contribution in [0.15, 0.2) is 4.99 Å². The highest BCUT2D eigenvalue weighted by Gasteiger charge is 2.19. The maximum atomic E-state index is 5.30. The summed E-state index contributed by atoms with van der Waals surface area (Å²) in [5.74, 6) is 0.870. The fourth-order valence-corrected chi connectivity index (χ4v) is 2.74. The van der Waals surface area contributed by atoms with Crippen LogP contribution < -0.4 is 10.6 Å². The van der Waals surface area contributed by atoms with Crippen molar-refractivity contribution in [3.8, 4) is 0 Å². The zero-order valence-corrected chi connectivity index (χ0v) is 16.2. The first kappa shape index (κ1) is 20.9. The van der Waals surface area contributed by atoms with Crippen LogP contribution in [-0.4, -0.2) is 63.3 Å². The molecule has 126 valence electrons. The summed E-state index contributed by atoms with van der Waals surface area (Å²) >= 11 is 0. The van der Waals surface area contributed by atoms with E-state index in [1.165, 1.54) is 32.2 Å². The molecular weight excluding hydrogens is 379 g/mol. The number of nitrogens with zero attached hydrogens (tertiary/aromatic N) is 2. The van der Waals surface area contributed by atoms with Gasteiger partial charge in [-0.3, -0.25) is 9.89 Å². The summed E-state index contributed by atoms with van der Waals surface area (Å²) in [5, 5.41) is 6.64. The zero-order chi connectivity index (χ0) is 14.6. The van der Waals surface area contributed by atoms with Gasteiger partial charge >= 0.3 is 0 Å². The van der Waals surface area contributed by atoms with Crippen LogP contribution in [0.25, 0.3) is 0 Å². The summed E-state index contributed by atoms with van der Waals surface area (Å²) in [4.78, 5) is 6.84. The third-order valence-corrected chi connectivity index (χ3v) is 3.88. The fraction of sp³-hybridized carbons (Fsp3) is 0.933. The van der Waals surface area contributed by atoms with E-state index in [9.17, 15) is 0 Å². The number of rotatable bonds is 8. The summed E-state index contributed by atoms with van der Waals surface area (Å²) in [6.45, 7) is 9.89. The third-order valence-electron chi connectivity index (χ3n) is 3.88. The van der Waals surface area contributed by atoms with Gasteiger partial charge < -0.3 is 15.4 Å². The molecule has 2 N–H and O–H groups in total. The summed E-state index contributed by atoms with van der Waals surface area (Å²) in [7, 11) is 1.81. The molecule has 0 aromatic rings. The van der Waals surface area contributed by atoms with E-state index in [4.69, 9.17) is 4.74 Å². The zero-order valence-electron chi connectivity index (χ0n) is 13.9. The van der Waals surface area contributed by atoms with Gasteiger partial charge in [-0.05, 0) is 32.7 Å². The summed E-state index contributed by atoms with van der Waals surface area (Å²) in [6, 6.07) is 0.776. The van der Waals surface area contributed by atoms with E-state index in [-0.39, 0.29) is 24.0 Å². The molecule has 0 amide bonds. The van der Waals surface area contributed by atoms with Gasteiger partial charge in [0.15, 0.2) is 5.96 Å². The predicted octanol–water partition coefficient (Wildman–Crippen LogP) is 2.07. The number of likely N-dealkylation sites (tertiary alicyclic amines) is 1. The van der Waals surface area contributed by atoms with Gasteiger partial charge in [-0.25, -0.2) is 0 Å². The van der Waals surface area contributed by atoms with Crippen molar-refractivity contribution in [1.29, 1.82) is 0 Å². The quantitative estimate of drug-likeness (QED) is 0.277. The van der Waals surface area contributed by atoms with Crippen molar-refractivity contribution in [2.45, 2.75) is 45.6 Å². The maximum absolute atomic E-state index is 5.30. The topological polar surface area (TPSA) is 48.9 Å². The van der Waals surface area contributed by atoms with Crippen molar-refractivity contribution in [3.63, 3.8) is 0 Å². The SMILES string of the molecule is CCOCCNC(=NC)NCCN1CCCCC1CC.I. The van der Waals surface area contributed by atoms with Crippen molar-refractivity contribution in [3.05, 3.63) is 0 Å². The van der Waals surface area contributed by atoms with E-state index < -0.39 is 0 Å². The normalized spacial score (nSPS) is 20.0. The number of halogens is 1. The molecule has 0 bridgehead atoms. The number of hydrogen-bond donors (Lipinski definition) is 2. The molecule has 1 aliphatic rings. The Kier molecular flexibility index (Phi) is 13.5. The van der Waals surface area contributed by atoms with Gasteiger partial charge in [-0.1, -0.05) is 13.3 Å². The van der Waals surface area contributed by atoms with Gasteiger partial charge in [0, 0.05) is 39.3 Å². The first-order valence-electron chi connectivity index (χ1n) is 8.08. The molecule has 1 aliphatic heterocycles. The van der Waals surface area contributed by atoms with E-state index in [1.54, 1.807) is 0 Å². The Morgan fingerprint density at radius 3 is 2.67 bits per heavy atom. The second-order valence-corrected chi connectivity index (χ2v) is 5.22. The van der Waals surface area contributed by atoms with Crippen LogP contribution in [0.4, 0.5) is 0 Å². The molecule has 1 fully saturated rings. The standard InChI is InChI=1S/C15H32N4O.HI/c1-4-14-8-6-7-11-19(14)12-9-17-15(16-3)18-10-13-20-5-2;/h14H,4-13H2,1-3H3,(H2,16,17,18);1H. The lowest BCUT2D eigenvalue weighted by Gasteiger charge is -2.35. The van der Waals surface area contributed by atoms with Gasteiger partial charge in [0.1, 0.15) is 0 Å². The fourth-order valence-electron chi connectivity index (χ4n) is 2.74. The average Bonchev–Trinajstić information content (AvgIpc) is 2.50. The summed E-state index contributed by atoms with van der Waals surface area (Å²) < 4.78 is 5.30. The Hall–Kier alpha value is -0.0800. The van der Waals surface area contributed by atoms with E-state index in [1.807, 2.05) is 14.0 Å². The van der Waals surface area contributed by atoms with Gasteiger partial charge in [0.25, 0.3) is 0 Å². The van der Waals surface area contributed by atoms with Crippen molar-refractivity contribution in [1.82, 2.24) is 15.5 Å². The first-order valence-corrected chi connectivity index (χ1v) is 8.08. The molecule has 0 saturated carbocycles. The number of guanidine groups is 1. The largest absolute Gasteiger partial charge is 0.380 e. The smallest absolute Gasteiger partial charge is 0.191 e. The number of piperidine rings is 1. The highest BCUT2D eigenvalue weighted by Crippen LogP contribution is 2.18. The molecule has 0 radical (unpaired) electrons. The molecule has 1 rings (SSSR count). The van der Waals surface area contributed by atoms with E-state index in [0.717, 1.165) is 44.8 Å². The van der Waals surface area contributed by atoms with Crippen LogP contribution in [0.2, 0.25) is 0 Å². The van der Waals surface area contributed by atoms with Gasteiger partial charge in [-0.2, -0.15) is 0 Å². The summed E-state index contributed by atoms with van der Waals surface area (Å²) in [6.07, 6.45) is 5.36. The van der Waals surface area contributed by atoms with Crippen LogP contribution in [0.5, 0.6) is 0 Å². The molecule has 6 heteroatoms. The van der Waals surface area contributed by atoms with Crippen molar-refractivity contribution in [2.24, 2.45) is 4.99 Å². The molecular formula is C15H33IN4O. The van der Waals surface area contributed by atoms with Gasteiger partial charge in [-0.15, -0.1) is 24.0 Å². The lowest BCUT2D eigenvalue weighted by atomic mass is 10.0. The van der Waals surface area contributed by atoms with Crippen molar-refractivity contribution >= 4 is 29.9 Å². The number of aliphatic imine (C=N–C) groups is 1. The Balaban J connectivity index is 0.00000400. The van der Waals surface area contributed by atoms with Crippen LogP contribution in [0, 0.1) is 0 Å². The maximum Gasteiger partial charge on any atom is 0.191 e. The Labute approximate surface area is 147 Å². The molecule has 0 aliphatic carbocycles. The molecule has 1 unspecified atom stereocenters. The van der Waals surface area contributed by atoms with E-state index >= 15 is 0 Å². The predicted molar refractivity (Wildman–Crippen MR) is 101 cm³/mol. The lowest BCUT2D eigenvalue weighted by molar-refractivity contribution is 0.146. The summed E-state index contributed by atoms with van der Waals surface area (Å²) in [5.41, 5.74) is 0. The molecule has 1 saturated heterocycles. The van der Waals surface area contributed by atoms with Crippen LogP contribution >= 0.6 is 24.0 Å². The first-order chi connectivity index (χ1) is 9.81. The monoisotopic (exact) mass is 412 g/mol. The average molecular weight is 412 g/mol. The van der Waals surface area contributed by atoms with Gasteiger partial charge in [0.2, 0.25) is 0 Å². The highest BCUT2D eigenvalue weighted by atomic mass is 127. The minimum atomic E-state index is 0. The molecule has 1 heterocycles. The number of hydrogen-bond acceptors (Lipinski definition) is 3. The van der Waals surface area contributed by atoms with Crippen LogP contribution in [0.3, 0.4) is 0 Å². The Morgan fingerprint density at radius 1 is 1.24 bits per heavy atom. The second-order valence-electron chi connectivity index (χ2n) is 5.22.